The first kappa shape index (κ1) is 14.8. The lowest BCUT2D eigenvalue weighted by molar-refractivity contribution is 0.615. The van der Waals surface area contributed by atoms with E-state index in [0.717, 1.165) is 5.56 Å². The maximum absolute atomic E-state index is 14.2. The molecule has 0 bridgehead atoms. The Morgan fingerprint density at radius 2 is 2.00 bits per heavy atom. The largest absolute Gasteiger partial charge is 0.368 e. The summed E-state index contributed by atoms with van der Waals surface area (Å²) in [5, 5.41) is 9.51. The molecule has 0 fully saturated rings. The molecule has 0 heterocycles. The van der Waals surface area contributed by atoms with Gasteiger partial charge in [-0.2, -0.15) is 5.26 Å². The molecule has 2 rings (SSSR count). The van der Waals surface area contributed by atoms with Gasteiger partial charge in [-0.3, -0.25) is 0 Å². The number of nitrogens with zero attached hydrogens (tertiary/aromatic N) is 2. The Morgan fingerprint density at radius 3 is 2.65 bits per heavy atom. The van der Waals surface area contributed by atoms with Gasteiger partial charge >= 0.3 is 0 Å². The molecule has 0 aliphatic heterocycles. The summed E-state index contributed by atoms with van der Waals surface area (Å²) in [6.45, 7) is 0.481. The maximum atomic E-state index is 14.2. The monoisotopic (exact) mass is 352 g/mol. The fraction of sp³-hybridized carbons (Fsp3) is 0.133. The molecule has 0 saturated carbocycles. The molecule has 0 atom stereocenters. The predicted octanol–water partition coefficient (Wildman–Crippen LogP) is 4.75. The van der Waals surface area contributed by atoms with Crippen molar-refractivity contribution in [2.24, 2.45) is 0 Å². The van der Waals surface area contributed by atoms with E-state index in [-0.39, 0.29) is 10.0 Å². The highest BCUT2D eigenvalue weighted by Crippen LogP contribution is 2.30. The smallest absolute Gasteiger partial charge is 0.161 e. The minimum Gasteiger partial charge on any atom is -0.368 e. The Balaban J connectivity index is 2.31. The molecule has 0 saturated heterocycles. The van der Waals surface area contributed by atoms with Crippen LogP contribution >= 0.6 is 27.5 Å². The van der Waals surface area contributed by atoms with Gasteiger partial charge in [-0.25, -0.2) is 4.39 Å². The van der Waals surface area contributed by atoms with Crippen LogP contribution in [-0.4, -0.2) is 7.05 Å². The van der Waals surface area contributed by atoms with Gasteiger partial charge in [0.15, 0.2) is 5.82 Å². The summed E-state index contributed by atoms with van der Waals surface area (Å²) in [5.41, 5.74) is 1.60. The fourth-order valence-corrected chi connectivity index (χ4v) is 2.51. The number of hydrogen-bond donors (Lipinski definition) is 0. The zero-order chi connectivity index (χ0) is 14.7. The number of benzene rings is 2. The van der Waals surface area contributed by atoms with E-state index in [2.05, 4.69) is 15.9 Å². The maximum Gasteiger partial charge on any atom is 0.161 e. The summed E-state index contributed by atoms with van der Waals surface area (Å²) in [6.07, 6.45) is 0. The van der Waals surface area contributed by atoms with Gasteiger partial charge in [0.25, 0.3) is 0 Å². The van der Waals surface area contributed by atoms with E-state index in [1.807, 2.05) is 24.3 Å². The number of hydrogen-bond acceptors (Lipinski definition) is 2. The van der Waals surface area contributed by atoms with Crippen LogP contribution in [0.4, 0.5) is 10.1 Å². The highest BCUT2D eigenvalue weighted by molar-refractivity contribution is 9.10. The van der Waals surface area contributed by atoms with Crippen molar-refractivity contribution in [3.8, 4) is 6.07 Å². The van der Waals surface area contributed by atoms with Crippen molar-refractivity contribution in [3.63, 3.8) is 0 Å². The summed E-state index contributed by atoms with van der Waals surface area (Å²) in [5.74, 6) is -0.446. The Bertz CT molecular complexity index is 682. The van der Waals surface area contributed by atoms with Crippen LogP contribution in [0.15, 0.2) is 40.9 Å². The van der Waals surface area contributed by atoms with Crippen LogP contribution in [0.25, 0.3) is 0 Å². The van der Waals surface area contributed by atoms with Crippen LogP contribution in [0.2, 0.25) is 5.02 Å². The second-order valence-corrected chi connectivity index (χ2v) is 5.52. The second-order valence-electron chi connectivity index (χ2n) is 4.32. The van der Waals surface area contributed by atoms with E-state index >= 15 is 0 Å². The Kier molecular flexibility index (Phi) is 4.64. The molecule has 0 aliphatic rings. The van der Waals surface area contributed by atoms with Crippen molar-refractivity contribution in [1.82, 2.24) is 0 Å². The van der Waals surface area contributed by atoms with Crippen molar-refractivity contribution in [2.45, 2.75) is 6.54 Å². The predicted molar refractivity (Wildman–Crippen MR) is 82.4 cm³/mol. The Morgan fingerprint density at radius 1 is 1.30 bits per heavy atom. The molecule has 2 nitrogen and oxygen atoms in total. The lowest BCUT2D eigenvalue weighted by atomic mass is 10.1. The van der Waals surface area contributed by atoms with E-state index in [4.69, 9.17) is 16.9 Å². The van der Waals surface area contributed by atoms with Crippen LogP contribution in [0.1, 0.15) is 11.1 Å². The molecular formula is C15H11BrClFN2. The first-order valence-corrected chi connectivity index (χ1v) is 7.04. The SMILES string of the molecule is CN(Cc1ccccc1Cl)c1ccc(C#N)c(Br)c1F. The van der Waals surface area contributed by atoms with Crippen molar-refractivity contribution in [1.29, 1.82) is 5.26 Å². The highest BCUT2D eigenvalue weighted by atomic mass is 79.9. The molecule has 102 valence electrons. The third kappa shape index (κ3) is 2.95. The van der Waals surface area contributed by atoms with Crippen molar-refractivity contribution < 1.29 is 4.39 Å². The molecule has 20 heavy (non-hydrogen) atoms. The minimum atomic E-state index is -0.446. The van der Waals surface area contributed by atoms with Gasteiger partial charge in [-0.15, -0.1) is 0 Å². The minimum absolute atomic E-state index is 0.184. The summed E-state index contributed by atoms with van der Waals surface area (Å²) in [7, 11) is 1.78. The van der Waals surface area contributed by atoms with Crippen molar-refractivity contribution >= 4 is 33.2 Å². The third-order valence-corrected chi connectivity index (χ3v) is 4.10. The molecule has 0 radical (unpaired) electrons. The van der Waals surface area contributed by atoms with Gasteiger partial charge in [-0.05, 0) is 39.7 Å². The number of rotatable bonds is 3. The van der Waals surface area contributed by atoms with Crippen molar-refractivity contribution in [2.75, 3.05) is 11.9 Å². The summed E-state index contributed by atoms with van der Waals surface area (Å²) in [6, 6.07) is 12.6. The number of halogens is 3. The van der Waals surface area contributed by atoms with Gasteiger partial charge < -0.3 is 4.90 Å². The molecule has 0 amide bonds. The lowest BCUT2D eigenvalue weighted by Gasteiger charge is -2.21. The molecule has 0 N–H and O–H groups in total. The van der Waals surface area contributed by atoms with Gasteiger partial charge in [0, 0.05) is 18.6 Å². The highest BCUT2D eigenvalue weighted by Gasteiger charge is 2.15. The standard InChI is InChI=1S/C15H11BrClFN2/c1-20(9-11-4-2-3-5-12(11)17)13-7-6-10(8-19)14(16)15(13)18/h2-7H,9H2,1H3. The second kappa shape index (κ2) is 6.25. The average molecular weight is 354 g/mol. The van der Waals surface area contributed by atoms with Crippen molar-refractivity contribution in [3.05, 3.63) is 62.8 Å². The molecule has 2 aromatic carbocycles. The van der Waals surface area contributed by atoms with Crippen LogP contribution in [0.5, 0.6) is 0 Å². The number of nitriles is 1. The lowest BCUT2D eigenvalue weighted by Crippen LogP contribution is -2.18. The Labute approximate surface area is 130 Å². The molecule has 5 heteroatoms. The number of anilines is 1. The van der Waals surface area contributed by atoms with Crippen LogP contribution in [-0.2, 0) is 6.54 Å². The summed E-state index contributed by atoms with van der Waals surface area (Å²) >= 11 is 9.21. The average Bonchev–Trinajstić information content (AvgIpc) is 2.44. The molecule has 2 aromatic rings. The summed E-state index contributed by atoms with van der Waals surface area (Å²) < 4.78 is 14.4. The molecule has 0 unspecified atom stereocenters. The van der Waals surface area contributed by atoms with E-state index in [1.54, 1.807) is 30.1 Å². The van der Waals surface area contributed by atoms with E-state index in [1.165, 1.54) is 0 Å². The zero-order valence-corrected chi connectivity index (χ0v) is 13.0. The molecule has 0 aromatic heterocycles. The van der Waals surface area contributed by atoms with E-state index in [9.17, 15) is 4.39 Å². The van der Waals surface area contributed by atoms with Crippen LogP contribution in [0, 0.1) is 17.1 Å². The van der Waals surface area contributed by atoms with Gasteiger partial charge in [0.1, 0.15) is 6.07 Å². The van der Waals surface area contributed by atoms with E-state index in [0.29, 0.717) is 17.3 Å². The zero-order valence-electron chi connectivity index (χ0n) is 10.7. The van der Waals surface area contributed by atoms with Gasteiger partial charge in [-0.1, -0.05) is 29.8 Å². The normalized spacial score (nSPS) is 10.2. The first-order valence-electron chi connectivity index (χ1n) is 5.87. The fourth-order valence-electron chi connectivity index (χ4n) is 1.89. The summed E-state index contributed by atoms with van der Waals surface area (Å²) in [4.78, 5) is 1.75. The topological polar surface area (TPSA) is 27.0 Å². The molecule has 0 aliphatic carbocycles. The molecular weight excluding hydrogens is 343 g/mol. The van der Waals surface area contributed by atoms with E-state index < -0.39 is 5.82 Å². The van der Waals surface area contributed by atoms with Gasteiger partial charge in [0.05, 0.1) is 15.7 Å². The third-order valence-electron chi connectivity index (χ3n) is 2.96. The van der Waals surface area contributed by atoms with Gasteiger partial charge in [0.2, 0.25) is 0 Å². The first-order chi connectivity index (χ1) is 9.54. The van der Waals surface area contributed by atoms with Crippen LogP contribution in [0.3, 0.4) is 0 Å². The van der Waals surface area contributed by atoms with Crippen LogP contribution < -0.4 is 4.90 Å². The Hall–Kier alpha value is -1.57. The molecule has 0 spiro atoms. The quantitative estimate of drug-likeness (QED) is 0.796.